The summed E-state index contributed by atoms with van der Waals surface area (Å²) in [6.07, 6.45) is 4.85. The van der Waals surface area contributed by atoms with Gasteiger partial charge in [-0.1, -0.05) is 0 Å². The molecule has 0 amide bonds. The molecule has 0 aromatic carbocycles. The number of hydrogen-bond donors (Lipinski definition) is 1. The Balaban J connectivity index is 2.03. The highest BCUT2D eigenvalue weighted by atomic mass is 35.5. The average Bonchev–Trinajstić information content (AvgIpc) is 2.75. The van der Waals surface area contributed by atoms with Gasteiger partial charge in [0.1, 0.15) is 23.5 Å². The first kappa shape index (κ1) is 12.8. The van der Waals surface area contributed by atoms with Crippen LogP contribution in [0.4, 0.5) is 11.6 Å². The highest BCUT2D eigenvalue weighted by Gasteiger charge is 2.12. The van der Waals surface area contributed by atoms with Gasteiger partial charge in [-0.05, 0) is 31.5 Å². The Kier molecular flexibility index (Phi) is 3.23. The second kappa shape index (κ2) is 5.05. The van der Waals surface area contributed by atoms with Gasteiger partial charge in [0.15, 0.2) is 0 Å². The molecule has 3 rings (SSSR count). The number of hydrogen-bond acceptors (Lipinski definition) is 5. The number of pyridine rings is 1. The summed E-state index contributed by atoms with van der Waals surface area (Å²) in [4.78, 5) is 16.6. The van der Waals surface area contributed by atoms with Crippen molar-refractivity contribution >= 4 is 34.3 Å². The molecule has 0 radical (unpaired) electrons. The third kappa shape index (κ3) is 2.30. The minimum atomic E-state index is 0.224. The van der Waals surface area contributed by atoms with Crippen molar-refractivity contribution in [1.29, 1.82) is 0 Å². The largest absolute Gasteiger partial charge is 0.325 e. The van der Waals surface area contributed by atoms with Crippen molar-refractivity contribution in [2.45, 2.75) is 19.9 Å². The normalized spacial score (nSPS) is 11.2. The van der Waals surface area contributed by atoms with Gasteiger partial charge >= 0.3 is 0 Å². The van der Waals surface area contributed by atoms with Gasteiger partial charge < -0.3 is 9.88 Å². The van der Waals surface area contributed by atoms with Gasteiger partial charge in [-0.2, -0.15) is 0 Å². The SMILES string of the molecule is CC(C)n1c(Cl)nc2cnc(Nc3ccncn3)cc21. The van der Waals surface area contributed by atoms with Gasteiger partial charge in [0, 0.05) is 18.3 Å². The van der Waals surface area contributed by atoms with Crippen molar-refractivity contribution < 1.29 is 0 Å². The number of nitrogens with zero attached hydrogens (tertiary/aromatic N) is 5. The minimum Gasteiger partial charge on any atom is -0.325 e. The van der Waals surface area contributed by atoms with E-state index in [0.717, 1.165) is 11.0 Å². The van der Waals surface area contributed by atoms with Gasteiger partial charge in [0.25, 0.3) is 0 Å². The van der Waals surface area contributed by atoms with Crippen LogP contribution in [0.25, 0.3) is 11.0 Å². The lowest BCUT2D eigenvalue weighted by molar-refractivity contribution is 0.618. The molecule has 0 unspecified atom stereocenters. The molecular formula is C13H13ClN6. The summed E-state index contributed by atoms with van der Waals surface area (Å²) in [5.41, 5.74) is 1.72. The number of halogens is 1. The Morgan fingerprint density at radius 1 is 1.25 bits per heavy atom. The molecule has 0 aliphatic rings. The fraction of sp³-hybridized carbons (Fsp3) is 0.231. The Hall–Kier alpha value is -2.21. The second-order valence-electron chi connectivity index (χ2n) is 4.62. The zero-order chi connectivity index (χ0) is 14.1. The molecule has 0 spiro atoms. The van der Waals surface area contributed by atoms with Gasteiger partial charge in [0.2, 0.25) is 5.28 Å². The van der Waals surface area contributed by atoms with Gasteiger partial charge in [-0.15, -0.1) is 0 Å². The van der Waals surface area contributed by atoms with Crippen molar-refractivity contribution in [2.24, 2.45) is 0 Å². The summed E-state index contributed by atoms with van der Waals surface area (Å²) in [6, 6.07) is 3.91. The van der Waals surface area contributed by atoms with Gasteiger partial charge in [-0.25, -0.2) is 19.9 Å². The molecule has 0 fully saturated rings. The topological polar surface area (TPSA) is 68.5 Å². The van der Waals surface area contributed by atoms with E-state index >= 15 is 0 Å². The fourth-order valence-corrected chi connectivity index (χ4v) is 2.40. The van der Waals surface area contributed by atoms with Crippen LogP contribution in [0.3, 0.4) is 0 Å². The van der Waals surface area contributed by atoms with E-state index in [-0.39, 0.29) is 6.04 Å². The zero-order valence-electron chi connectivity index (χ0n) is 11.1. The molecular weight excluding hydrogens is 276 g/mol. The van der Waals surface area contributed by atoms with Crippen molar-refractivity contribution in [3.8, 4) is 0 Å². The maximum atomic E-state index is 6.16. The first-order chi connectivity index (χ1) is 9.65. The van der Waals surface area contributed by atoms with Crippen LogP contribution < -0.4 is 5.32 Å². The van der Waals surface area contributed by atoms with Gasteiger partial charge in [0.05, 0.1) is 11.7 Å². The highest BCUT2D eigenvalue weighted by Crippen LogP contribution is 2.26. The van der Waals surface area contributed by atoms with Gasteiger partial charge in [-0.3, -0.25) is 0 Å². The molecule has 0 saturated carbocycles. The summed E-state index contributed by atoms with van der Waals surface area (Å²) < 4.78 is 1.96. The van der Waals surface area contributed by atoms with Crippen molar-refractivity contribution in [2.75, 3.05) is 5.32 Å². The third-order valence-corrected chi connectivity index (χ3v) is 3.15. The molecule has 0 atom stereocenters. The van der Waals surface area contributed by atoms with Crippen molar-refractivity contribution in [1.82, 2.24) is 24.5 Å². The Morgan fingerprint density at radius 2 is 2.10 bits per heavy atom. The highest BCUT2D eigenvalue weighted by molar-refractivity contribution is 6.29. The lowest BCUT2D eigenvalue weighted by atomic mass is 10.3. The quantitative estimate of drug-likeness (QED) is 0.801. The first-order valence-electron chi connectivity index (χ1n) is 6.21. The number of anilines is 2. The molecule has 102 valence electrons. The Morgan fingerprint density at radius 3 is 2.80 bits per heavy atom. The molecule has 1 N–H and O–H groups in total. The summed E-state index contributed by atoms with van der Waals surface area (Å²) >= 11 is 6.16. The second-order valence-corrected chi connectivity index (χ2v) is 4.96. The molecule has 3 aromatic heterocycles. The summed E-state index contributed by atoms with van der Waals surface area (Å²) in [5.74, 6) is 1.38. The molecule has 0 bridgehead atoms. The number of aromatic nitrogens is 5. The predicted octanol–water partition coefficient (Wildman–Crippen LogP) is 3.20. The predicted molar refractivity (Wildman–Crippen MR) is 78.2 cm³/mol. The van der Waals surface area contributed by atoms with E-state index in [4.69, 9.17) is 11.6 Å². The number of nitrogens with one attached hydrogen (secondary N) is 1. The van der Waals surface area contributed by atoms with Crippen LogP contribution in [0.15, 0.2) is 30.9 Å². The summed E-state index contributed by atoms with van der Waals surface area (Å²) in [5, 5.41) is 3.59. The molecule has 0 aliphatic carbocycles. The summed E-state index contributed by atoms with van der Waals surface area (Å²) in [7, 11) is 0. The average molecular weight is 289 g/mol. The number of imidazole rings is 1. The van der Waals surface area contributed by atoms with Crippen LogP contribution in [-0.2, 0) is 0 Å². The first-order valence-corrected chi connectivity index (χ1v) is 6.59. The van der Waals surface area contributed by atoms with Crippen LogP contribution in [0, 0.1) is 0 Å². The van der Waals surface area contributed by atoms with Crippen LogP contribution >= 0.6 is 11.6 Å². The molecule has 3 heterocycles. The lowest BCUT2D eigenvalue weighted by Crippen LogP contribution is -2.01. The maximum Gasteiger partial charge on any atom is 0.204 e. The van der Waals surface area contributed by atoms with E-state index in [1.807, 2.05) is 10.6 Å². The van der Waals surface area contributed by atoms with E-state index in [9.17, 15) is 0 Å². The van der Waals surface area contributed by atoms with E-state index in [0.29, 0.717) is 16.9 Å². The third-order valence-electron chi connectivity index (χ3n) is 2.89. The minimum absolute atomic E-state index is 0.224. The molecule has 7 heteroatoms. The molecule has 0 aliphatic heterocycles. The molecule has 6 nitrogen and oxygen atoms in total. The van der Waals surface area contributed by atoms with Crippen LogP contribution in [0.2, 0.25) is 5.28 Å². The van der Waals surface area contributed by atoms with E-state index in [1.165, 1.54) is 6.33 Å². The lowest BCUT2D eigenvalue weighted by Gasteiger charge is -2.10. The molecule has 3 aromatic rings. The number of fused-ring (bicyclic) bond motifs is 1. The summed E-state index contributed by atoms with van der Waals surface area (Å²) in [6.45, 7) is 4.12. The van der Waals surface area contributed by atoms with Crippen LogP contribution in [0.1, 0.15) is 19.9 Å². The van der Waals surface area contributed by atoms with Crippen LogP contribution in [0.5, 0.6) is 0 Å². The fourth-order valence-electron chi connectivity index (χ4n) is 2.02. The maximum absolute atomic E-state index is 6.16. The Labute approximate surface area is 120 Å². The van der Waals surface area contributed by atoms with Crippen LogP contribution in [-0.4, -0.2) is 24.5 Å². The monoisotopic (exact) mass is 288 g/mol. The van der Waals surface area contributed by atoms with Crippen molar-refractivity contribution in [3.63, 3.8) is 0 Å². The Bertz CT molecular complexity index is 737. The van der Waals surface area contributed by atoms with Crippen molar-refractivity contribution in [3.05, 3.63) is 36.1 Å². The molecule has 20 heavy (non-hydrogen) atoms. The number of rotatable bonds is 3. The zero-order valence-corrected chi connectivity index (χ0v) is 11.8. The van der Waals surface area contributed by atoms with E-state index < -0.39 is 0 Å². The van der Waals surface area contributed by atoms with E-state index in [2.05, 4.69) is 39.1 Å². The smallest absolute Gasteiger partial charge is 0.204 e. The van der Waals surface area contributed by atoms with E-state index in [1.54, 1.807) is 18.5 Å². The standard InChI is InChI=1S/C13H13ClN6/c1-8(2)20-10-5-12(16-6-9(10)18-13(20)14)19-11-3-4-15-7-17-11/h3-8H,1-2H3,(H,15,16,17,19). The molecule has 0 saturated heterocycles.